The standard InChI is InChI=1S/C14H17BrFNO2/c1-3-8-17(10-13(18)19-4-2)9-11-6-5-7-12(16)14(11)15/h3,5-7H,1,4,8-10H2,2H3. The molecule has 1 aromatic rings. The highest BCUT2D eigenvalue weighted by Gasteiger charge is 2.13. The number of nitrogens with zero attached hydrogens (tertiary/aromatic N) is 1. The molecule has 0 radical (unpaired) electrons. The lowest BCUT2D eigenvalue weighted by molar-refractivity contribution is -0.144. The van der Waals surface area contributed by atoms with Gasteiger partial charge in [0.05, 0.1) is 17.6 Å². The highest BCUT2D eigenvalue weighted by Crippen LogP contribution is 2.21. The molecule has 5 heteroatoms. The Labute approximate surface area is 121 Å². The summed E-state index contributed by atoms with van der Waals surface area (Å²) in [7, 11) is 0. The quantitative estimate of drug-likeness (QED) is 0.568. The third-order valence-corrected chi connectivity index (χ3v) is 3.36. The average molecular weight is 330 g/mol. The first-order valence-electron chi connectivity index (χ1n) is 6.00. The Morgan fingerprint density at radius 2 is 2.32 bits per heavy atom. The van der Waals surface area contributed by atoms with E-state index in [-0.39, 0.29) is 18.3 Å². The van der Waals surface area contributed by atoms with Crippen LogP contribution in [0.3, 0.4) is 0 Å². The molecule has 0 spiro atoms. The number of rotatable bonds is 7. The first kappa shape index (κ1) is 15.9. The molecule has 0 saturated heterocycles. The van der Waals surface area contributed by atoms with Gasteiger partial charge >= 0.3 is 5.97 Å². The van der Waals surface area contributed by atoms with E-state index in [0.29, 0.717) is 24.2 Å². The molecule has 0 fully saturated rings. The molecule has 0 saturated carbocycles. The molecule has 0 aliphatic rings. The lowest BCUT2D eigenvalue weighted by atomic mass is 10.2. The maximum atomic E-state index is 13.4. The first-order chi connectivity index (χ1) is 9.08. The molecular weight excluding hydrogens is 313 g/mol. The Morgan fingerprint density at radius 1 is 1.58 bits per heavy atom. The molecule has 19 heavy (non-hydrogen) atoms. The summed E-state index contributed by atoms with van der Waals surface area (Å²) in [6.07, 6.45) is 1.70. The van der Waals surface area contributed by atoms with Gasteiger partial charge in [0.25, 0.3) is 0 Å². The highest BCUT2D eigenvalue weighted by molar-refractivity contribution is 9.10. The van der Waals surface area contributed by atoms with Crippen LogP contribution in [0, 0.1) is 5.82 Å². The molecule has 0 aliphatic carbocycles. The second-order valence-electron chi connectivity index (χ2n) is 3.98. The van der Waals surface area contributed by atoms with Gasteiger partial charge in [-0.05, 0) is 34.5 Å². The summed E-state index contributed by atoms with van der Waals surface area (Å²) in [5.74, 6) is -0.607. The van der Waals surface area contributed by atoms with Crippen LogP contribution in [-0.4, -0.2) is 30.6 Å². The van der Waals surface area contributed by atoms with Gasteiger partial charge in [-0.15, -0.1) is 6.58 Å². The van der Waals surface area contributed by atoms with Gasteiger partial charge < -0.3 is 4.74 Å². The fraction of sp³-hybridized carbons (Fsp3) is 0.357. The van der Waals surface area contributed by atoms with E-state index < -0.39 is 0 Å². The molecule has 0 atom stereocenters. The van der Waals surface area contributed by atoms with Crippen molar-refractivity contribution in [2.45, 2.75) is 13.5 Å². The van der Waals surface area contributed by atoms with E-state index in [1.807, 2.05) is 11.0 Å². The van der Waals surface area contributed by atoms with E-state index in [1.165, 1.54) is 6.07 Å². The minimum absolute atomic E-state index is 0.156. The predicted octanol–water partition coefficient (Wildman–Crippen LogP) is 3.14. The molecule has 1 aromatic carbocycles. The average Bonchev–Trinajstić information content (AvgIpc) is 2.35. The van der Waals surface area contributed by atoms with Crippen molar-refractivity contribution < 1.29 is 13.9 Å². The van der Waals surface area contributed by atoms with Gasteiger partial charge in [0.1, 0.15) is 5.82 Å². The predicted molar refractivity (Wildman–Crippen MR) is 76.2 cm³/mol. The number of hydrogen-bond donors (Lipinski definition) is 0. The minimum atomic E-state index is -0.313. The zero-order chi connectivity index (χ0) is 14.3. The van der Waals surface area contributed by atoms with E-state index in [1.54, 1.807) is 19.1 Å². The summed E-state index contributed by atoms with van der Waals surface area (Å²) in [5.41, 5.74) is 0.783. The minimum Gasteiger partial charge on any atom is -0.465 e. The van der Waals surface area contributed by atoms with Crippen molar-refractivity contribution in [3.8, 4) is 0 Å². The summed E-state index contributed by atoms with van der Waals surface area (Å²) in [5, 5.41) is 0. The van der Waals surface area contributed by atoms with Crippen molar-refractivity contribution in [1.29, 1.82) is 0 Å². The van der Waals surface area contributed by atoms with Gasteiger partial charge in [-0.1, -0.05) is 18.2 Å². The molecule has 0 N–H and O–H groups in total. The molecular formula is C14H17BrFNO2. The van der Waals surface area contributed by atoms with Crippen LogP contribution in [-0.2, 0) is 16.1 Å². The number of ether oxygens (including phenoxy) is 1. The van der Waals surface area contributed by atoms with Gasteiger partial charge in [0, 0.05) is 13.1 Å². The summed E-state index contributed by atoms with van der Waals surface area (Å²) in [6.45, 7) is 6.90. The smallest absolute Gasteiger partial charge is 0.320 e. The van der Waals surface area contributed by atoms with E-state index in [4.69, 9.17) is 4.74 Å². The van der Waals surface area contributed by atoms with E-state index in [9.17, 15) is 9.18 Å². The number of benzene rings is 1. The normalized spacial score (nSPS) is 10.5. The van der Waals surface area contributed by atoms with Crippen molar-refractivity contribution in [2.75, 3.05) is 19.7 Å². The molecule has 104 valence electrons. The second kappa shape index (κ2) is 8.07. The van der Waals surface area contributed by atoms with Crippen LogP contribution in [0.2, 0.25) is 0 Å². The number of carbonyl (C=O) groups is 1. The molecule has 0 aromatic heterocycles. The van der Waals surface area contributed by atoms with Gasteiger partial charge in [0.2, 0.25) is 0 Å². The SMILES string of the molecule is C=CCN(CC(=O)OCC)Cc1cccc(F)c1Br. The van der Waals surface area contributed by atoms with E-state index in [2.05, 4.69) is 22.5 Å². The number of carbonyl (C=O) groups excluding carboxylic acids is 1. The molecule has 0 aliphatic heterocycles. The fourth-order valence-electron chi connectivity index (χ4n) is 1.67. The van der Waals surface area contributed by atoms with Crippen molar-refractivity contribution >= 4 is 21.9 Å². The van der Waals surface area contributed by atoms with Crippen molar-refractivity contribution in [3.05, 3.63) is 46.7 Å². The van der Waals surface area contributed by atoms with Crippen LogP contribution in [0.15, 0.2) is 35.3 Å². The van der Waals surface area contributed by atoms with Crippen LogP contribution in [0.5, 0.6) is 0 Å². The van der Waals surface area contributed by atoms with E-state index >= 15 is 0 Å². The number of halogens is 2. The molecule has 1 rings (SSSR count). The lowest BCUT2D eigenvalue weighted by Crippen LogP contribution is -2.31. The van der Waals surface area contributed by atoms with Crippen LogP contribution in [0.4, 0.5) is 4.39 Å². The molecule has 0 amide bonds. The Bertz CT molecular complexity index is 451. The highest BCUT2D eigenvalue weighted by atomic mass is 79.9. The van der Waals surface area contributed by atoms with Crippen LogP contribution in [0.1, 0.15) is 12.5 Å². The van der Waals surface area contributed by atoms with Crippen LogP contribution < -0.4 is 0 Å². The molecule has 0 heterocycles. The lowest BCUT2D eigenvalue weighted by Gasteiger charge is -2.20. The molecule has 0 bridgehead atoms. The van der Waals surface area contributed by atoms with Gasteiger partial charge in [-0.3, -0.25) is 9.69 Å². The zero-order valence-corrected chi connectivity index (χ0v) is 12.5. The Hall–Kier alpha value is -1.20. The maximum absolute atomic E-state index is 13.4. The third kappa shape index (κ3) is 5.12. The fourth-order valence-corrected chi connectivity index (χ4v) is 2.06. The van der Waals surface area contributed by atoms with Crippen LogP contribution >= 0.6 is 15.9 Å². The molecule has 0 unspecified atom stereocenters. The zero-order valence-electron chi connectivity index (χ0n) is 10.9. The summed E-state index contributed by atoms with van der Waals surface area (Å²) >= 11 is 3.21. The topological polar surface area (TPSA) is 29.5 Å². The van der Waals surface area contributed by atoms with Crippen molar-refractivity contribution in [1.82, 2.24) is 4.90 Å². The largest absolute Gasteiger partial charge is 0.465 e. The summed E-state index contributed by atoms with van der Waals surface area (Å²) in [6, 6.07) is 4.84. The number of esters is 1. The first-order valence-corrected chi connectivity index (χ1v) is 6.79. The summed E-state index contributed by atoms with van der Waals surface area (Å²) < 4.78 is 18.8. The second-order valence-corrected chi connectivity index (χ2v) is 4.77. The van der Waals surface area contributed by atoms with Gasteiger partial charge in [0.15, 0.2) is 0 Å². The van der Waals surface area contributed by atoms with Crippen LogP contribution in [0.25, 0.3) is 0 Å². The van der Waals surface area contributed by atoms with Crippen molar-refractivity contribution in [3.63, 3.8) is 0 Å². The maximum Gasteiger partial charge on any atom is 0.320 e. The molecule has 3 nitrogen and oxygen atoms in total. The number of hydrogen-bond acceptors (Lipinski definition) is 3. The third-order valence-electron chi connectivity index (χ3n) is 2.47. The Morgan fingerprint density at radius 3 is 2.95 bits per heavy atom. The Kier molecular flexibility index (Phi) is 6.73. The summed E-state index contributed by atoms with van der Waals surface area (Å²) in [4.78, 5) is 13.3. The monoisotopic (exact) mass is 329 g/mol. The van der Waals surface area contributed by atoms with Crippen molar-refractivity contribution in [2.24, 2.45) is 0 Å². The van der Waals surface area contributed by atoms with Gasteiger partial charge in [-0.2, -0.15) is 0 Å². The van der Waals surface area contributed by atoms with Gasteiger partial charge in [-0.25, -0.2) is 4.39 Å². The van der Waals surface area contributed by atoms with E-state index in [0.717, 1.165) is 5.56 Å². The Balaban J connectivity index is 2.74.